The monoisotopic (exact) mass is 395 g/mol. The van der Waals surface area contributed by atoms with Gasteiger partial charge in [-0.1, -0.05) is 83.3 Å². The van der Waals surface area contributed by atoms with Gasteiger partial charge >= 0.3 is 7.82 Å². The summed E-state index contributed by atoms with van der Waals surface area (Å²) < 4.78 is 15.1. The fourth-order valence-corrected chi connectivity index (χ4v) is 3.32. The number of allylic oxidation sites excluding steroid dienone is 1. The van der Waals surface area contributed by atoms with Gasteiger partial charge in [0.05, 0.1) is 6.61 Å². The number of aliphatic hydroxyl groups excluding tert-OH is 2. The molecule has 2 atom stereocenters. The van der Waals surface area contributed by atoms with Gasteiger partial charge in [0, 0.05) is 0 Å². The van der Waals surface area contributed by atoms with Crippen LogP contribution in [0.5, 0.6) is 0 Å². The summed E-state index contributed by atoms with van der Waals surface area (Å²) in [6, 6.07) is 0. The van der Waals surface area contributed by atoms with Crippen LogP contribution in [-0.4, -0.2) is 38.4 Å². The zero-order valence-electron chi connectivity index (χ0n) is 16.1. The van der Waals surface area contributed by atoms with E-state index in [4.69, 9.17) is 20.6 Å². The van der Waals surface area contributed by atoms with Crippen LogP contribution in [0.25, 0.3) is 0 Å². The molecule has 0 aromatic heterocycles. The Morgan fingerprint density at radius 3 is 1.88 bits per heavy atom. The molecule has 0 bridgehead atoms. The molecular formula is C18H38NO6P. The van der Waals surface area contributed by atoms with E-state index >= 15 is 0 Å². The van der Waals surface area contributed by atoms with Crippen LogP contribution in [0.3, 0.4) is 0 Å². The molecule has 6 N–H and O–H groups in total. The normalized spacial score (nSPS) is 16.1. The predicted molar refractivity (Wildman–Crippen MR) is 103 cm³/mol. The minimum Gasteiger partial charge on any atom is -0.392 e. The quantitative estimate of drug-likeness (QED) is 0.110. The molecule has 2 unspecified atom stereocenters. The van der Waals surface area contributed by atoms with Crippen molar-refractivity contribution >= 4 is 7.82 Å². The largest absolute Gasteiger partial charge is 0.471 e. The molecule has 26 heavy (non-hydrogen) atoms. The second kappa shape index (κ2) is 14.7. The number of hydrogen-bond acceptors (Lipinski definition) is 5. The first-order chi connectivity index (χ1) is 12.2. The molecule has 0 saturated heterocycles. The van der Waals surface area contributed by atoms with Gasteiger partial charge < -0.3 is 20.0 Å². The maximum Gasteiger partial charge on any atom is 0.471 e. The van der Waals surface area contributed by atoms with Crippen molar-refractivity contribution in [2.45, 2.75) is 95.8 Å². The molecule has 0 fully saturated rings. The van der Waals surface area contributed by atoms with Gasteiger partial charge in [0.25, 0.3) is 0 Å². The molecule has 0 aliphatic heterocycles. The van der Waals surface area contributed by atoms with Crippen molar-refractivity contribution in [3.8, 4) is 0 Å². The van der Waals surface area contributed by atoms with Crippen molar-refractivity contribution in [1.82, 2.24) is 0 Å². The number of hydrogen-bond donors (Lipinski definition) is 5. The zero-order chi connectivity index (χ0) is 19.9. The minimum absolute atomic E-state index is 0.728. The fourth-order valence-electron chi connectivity index (χ4n) is 2.71. The molecule has 0 aliphatic rings. The van der Waals surface area contributed by atoms with E-state index in [1.54, 1.807) is 6.08 Å². The van der Waals surface area contributed by atoms with Crippen LogP contribution >= 0.6 is 7.82 Å². The first-order valence-corrected chi connectivity index (χ1v) is 11.3. The maximum atomic E-state index is 10.8. The van der Waals surface area contributed by atoms with Gasteiger partial charge in [0.1, 0.15) is 6.10 Å². The third-order valence-corrected chi connectivity index (χ3v) is 4.91. The van der Waals surface area contributed by atoms with Gasteiger partial charge in [0.2, 0.25) is 0 Å². The second-order valence-corrected chi connectivity index (χ2v) is 8.06. The smallest absolute Gasteiger partial charge is 0.392 e. The third kappa shape index (κ3) is 13.9. The van der Waals surface area contributed by atoms with Crippen LogP contribution in [0.2, 0.25) is 0 Å². The molecule has 0 aromatic rings. The van der Waals surface area contributed by atoms with Crippen LogP contribution < -0.4 is 5.73 Å². The topological polar surface area (TPSA) is 133 Å². The minimum atomic E-state index is -4.91. The van der Waals surface area contributed by atoms with E-state index in [0.29, 0.717) is 0 Å². The Bertz CT molecular complexity index is 414. The number of phosphoric acid groups is 1. The Balaban J connectivity index is 3.75. The summed E-state index contributed by atoms with van der Waals surface area (Å²) in [6.07, 6.45) is 16.0. The van der Waals surface area contributed by atoms with E-state index in [1.807, 2.05) is 0 Å². The Morgan fingerprint density at radius 2 is 1.46 bits per heavy atom. The molecule has 156 valence electrons. The number of aliphatic hydroxyl groups is 2. The van der Waals surface area contributed by atoms with Crippen molar-refractivity contribution < 1.29 is 29.1 Å². The molecule has 0 aromatic carbocycles. The molecular weight excluding hydrogens is 357 g/mol. The van der Waals surface area contributed by atoms with Crippen LogP contribution in [0.4, 0.5) is 0 Å². The average molecular weight is 395 g/mol. The van der Waals surface area contributed by atoms with Crippen molar-refractivity contribution in [2.75, 3.05) is 6.61 Å². The van der Waals surface area contributed by atoms with Gasteiger partial charge in [0.15, 0.2) is 5.72 Å². The number of rotatable bonds is 17. The molecule has 0 aliphatic carbocycles. The molecule has 0 radical (unpaired) electrons. The Labute approximate surface area is 157 Å². The van der Waals surface area contributed by atoms with E-state index in [9.17, 15) is 9.67 Å². The SMILES string of the molecule is CCCCCCCCCCCCCC=CC(O)C(N)(CO)OP(=O)(O)O. The fraction of sp³-hybridized carbons (Fsp3) is 0.889. The highest BCUT2D eigenvalue weighted by molar-refractivity contribution is 7.46. The summed E-state index contributed by atoms with van der Waals surface area (Å²) in [5.74, 6) is 0. The predicted octanol–water partition coefficient (Wildman–Crippen LogP) is 3.36. The first-order valence-electron chi connectivity index (χ1n) is 9.76. The van der Waals surface area contributed by atoms with Crippen LogP contribution in [0.1, 0.15) is 84.0 Å². The van der Waals surface area contributed by atoms with E-state index in [-0.39, 0.29) is 0 Å². The summed E-state index contributed by atoms with van der Waals surface area (Å²) in [5.41, 5.74) is 3.29. The molecule has 8 heteroatoms. The second-order valence-electron chi connectivity index (χ2n) is 6.89. The number of nitrogens with two attached hydrogens (primary N) is 1. The van der Waals surface area contributed by atoms with Gasteiger partial charge in [-0.25, -0.2) is 4.57 Å². The van der Waals surface area contributed by atoms with Crippen molar-refractivity contribution in [3.05, 3.63) is 12.2 Å². The van der Waals surface area contributed by atoms with Crippen molar-refractivity contribution in [2.24, 2.45) is 5.73 Å². The van der Waals surface area contributed by atoms with Crippen LogP contribution in [-0.2, 0) is 9.09 Å². The average Bonchev–Trinajstić information content (AvgIpc) is 2.57. The number of phosphoric ester groups is 1. The summed E-state index contributed by atoms with van der Waals surface area (Å²) in [7, 11) is -4.91. The third-order valence-electron chi connectivity index (χ3n) is 4.33. The lowest BCUT2D eigenvalue weighted by atomic mass is 10.0. The van der Waals surface area contributed by atoms with Gasteiger partial charge in [-0.3, -0.25) is 10.3 Å². The highest BCUT2D eigenvalue weighted by Gasteiger charge is 2.39. The zero-order valence-corrected chi connectivity index (χ0v) is 16.9. The molecule has 0 saturated carbocycles. The van der Waals surface area contributed by atoms with E-state index < -0.39 is 26.3 Å². The molecule has 0 rings (SSSR count). The van der Waals surface area contributed by atoms with Gasteiger partial charge in [-0.2, -0.15) is 0 Å². The molecule has 0 heterocycles. The number of unbranched alkanes of at least 4 members (excludes halogenated alkanes) is 11. The van der Waals surface area contributed by atoms with Crippen molar-refractivity contribution in [3.63, 3.8) is 0 Å². The van der Waals surface area contributed by atoms with Crippen molar-refractivity contribution in [1.29, 1.82) is 0 Å². The Kier molecular flexibility index (Phi) is 14.6. The molecule has 0 amide bonds. The lowest BCUT2D eigenvalue weighted by Crippen LogP contribution is -2.54. The van der Waals surface area contributed by atoms with Crippen LogP contribution in [0.15, 0.2) is 12.2 Å². The summed E-state index contributed by atoms with van der Waals surface area (Å²) >= 11 is 0. The Morgan fingerprint density at radius 1 is 1.00 bits per heavy atom. The van der Waals surface area contributed by atoms with Gasteiger partial charge in [-0.05, 0) is 12.8 Å². The summed E-state index contributed by atoms with van der Waals surface area (Å²) in [6.45, 7) is 1.31. The Hall–Kier alpha value is -0.270. The lowest BCUT2D eigenvalue weighted by Gasteiger charge is -2.30. The highest BCUT2D eigenvalue weighted by Crippen LogP contribution is 2.40. The van der Waals surface area contributed by atoms with E-state index in [1.165, 1.54) is 63.9 Å². The molecule has 7 nitrogen and oxygen atoms in total. The first kappa shape index (κ1) is 25.7. The summed E-state index contributed by atoms with van der Waals surface area (Å²) in [5, 5.41) is 19.0. The van der Waals surface area contributed by atoms with Crippen LogP contribution in [0, 0.1) is 0 Å². The van der Waals surface area contributed by atoms with E-state index in [2.05, 4.69) is 11.4 Å². The summed E-state index contributed by atoms with van der Waals surface area (Å²) in [4.78, 5) is 17.6. The van der Waals surface area contributed by atoms with Gasteiger partial charge in [-0.15, -0.1) is 0 Å². The molecule has 0 spiro atoms. The standard InChI is InChI=1S/C18H38NO6P/c1-2-3-4-5-6-7-8-9-10-11-12-13-14-15-17(21)18(19,16-20)25-26(22,23)24/h14-15,17,20-21H,2-13,16,19H2,1H3,(H2,22,23,24). The lowest BCUT2D eigenvalue weighted by molar-refractivity contribution is -0.0759. The maximum absolute atomic E-state index is 10.8. The van der Waals surface area contributed by atoms with E-state index in [0.717, 1.165) is 19.3 Å². The highest BCUT2D eigenvalue weighted by atomic mass is 31.2.